The Kier molecular flexibility index (Phi) is 6.17. The number of piperazine rings is 1. The van der Waals surface area contributed by atoms with Gasteiger partial charge in [0.15, 0.2) is 4.34 Å². The summed E-state index contributed by atoms with van der Waals surface area (Å²) in [5, 5.41) is 2.89. The van der Waals surface area contributed by atoms with Gasteiger partial charge in [-0.1, -0.05) is 42.1 Å². The fourth-order valence-electron chi connectivity index (χ4n) is 3.64. The maximum atomic E-state index is 12.5. The van der Waals surface area contributed by atoms with E-state index in [-0.39, 0.29) is 11.7 Å². The number of nitrogens with one attached hydrogen (secondary N) is 1. The summed E-state index contributed by atoms with van der Waals surface area (Å²) in [4.78, 5) is 30.3. The lowest BCUT2D eigenvalue weighted by Gasteiger charge is -2.36. The minimum Gasteiger partial charge on any atom is -0.368 e. The van der Waals surface area contributed by atoms with Crippen molar-refractivity contribution in [3.8, 4) is 0 Å². The largest absolute Gasteiger partial charge is 0.368 e. The molecule has 0 aliphatic carbocycles. The van der Waals surface area contributed by atoms with Crippen molar-refractivity contribution in [1.82, 2.24) is 15.0 Å². The first kappa shape index (κ1) is 20.7. The summed E-state index contributed by atoms with van der Waals surface area (Å²) in [6.45, 7) is 3.59. The van der Waals surface area contributed by atoms with E-state index in [0.717, 1.165) is 46.6 Å². The van der Waals surface area contributed by atoms with Crippen molar-refractivity contribution in [2.24, 2.45) is 0 Å². The van der Waals surface area contributed by atoms with Crippen LogP contribution in [0.4, 0.5) is 17.3 Å². The Morgan fingerprint density at radius 2 is 1.72 bits per heavy atom. The summed E-state index contributed by atoms with van der Waals surface area (Å²) in [5.41, 5.74) is 2.21. The van der Waals surface area contributed by atoms with E-state index < -0.39 is 0 Å². The molecule has 162 valence electrons. The van der Waals surface area contributed by atoms with Crippen LogP contribution in [-0.2, 0) is 4.79 Å². The molecule has 1 aliphatic rings. The van der Waals surface area contributed by atoms with Gasteiger partial charge in [0.1, 0.15) is 18.0 Å². The normalized spacial score (nSPS) is 14.0. The van der Waals surface area contributed by atoms with Gasteiger partial charge in [-0.15, -0.1) is 11.3 Å². The number of carbonyl (C=O) groups excluding carboxylic acids is 1. The lowest BCUT2D eigenvalue weighted by molar-refractivity contribution is -0.113. The molecule has 1 aliphatic heterocycles. The highest BCUT2D eigenvalue weighted by atomic mass is 32.2. The highest BCUT2D eigenvalue weighted by Crippen LogP contribution is 2.29. The number of aromatic nitrogens is 3. The Morgan fingerprint density at radius 3 is 2.53 bits per heavy atom. The molecule has 0 atom stereocenters. The molecule has 32 heavy (non-hydrogen) atoms. The lowest BCUT2D eigenvalue weighted by atomic mass is 10.2. The average Bonchev–Trinajstić information content (AvgIpc) is 3.27. The highest BCUT2D eigenvalue weighted by Gasteiger charge is 2.19. The second-order valence-corrected chi connectivity index (χ2v) is 9.61. The molecule has 1 amide bonds. The van der Waals surface area contributed by atoms with Gasteiger partial charge in [0.2, 0.25) is 5.91 Å². The van der Waals surface area contributed by atoms with E-state index >= 15 is 0 Å². The number of amides is 1. The van der Waals surface area contributed by atoms with E-state index in [1.165, 1.54) is 23.8 Å². The number of hydrogen-bond donors (Lipinski definition) is 1. The minimum atomic E-state index is -0.104. The molecule has 7 nitrogen and oxygen atoms in total. The molecule has 4 aromatic rings. The van der Waals surface area contributed by atoms with E-state index in [2.05, 4.69) is 54.3 Å². The van der Waals surface area contributed by atoms with Gasteiger partial charge >= 0.3 is 0 Å². The molecule has 0 radical (unpaired) electrons. The topological polar surface area (TPSA) is 74.2 Å². The first-order chi connectivity index (χ1) is 15.7. The molecular weight excluding hydrogens is 440 g/mol. The summed E-state index contributed by atoms with van der Waals surface area (Å²) in [6, 6.07) is 20.3. The number of benzene rings is 2. The van der Waals surface area contributed by atoms with Crippen molar-refractivity contribution in [2.45, 2.75) is 4.34 Å². The van der Waals surface area contributed by atoms with E-state index in [0.29, 0.717) is 5.82 Å². The predicted octanol–water partition coefficient (Wildman–Crippen LogP) is 4.14. The van der Waals surface area contributed by atoms with Crippen molar-refractivity contribution < 1.29 is 4.79 Å². The molecule has 5 rings (SSSR count). The Labute approximate surface area is 194 Å². The summed E-state index contributed by atoms with van der Waals surface area (Å²) in [6.07, 6.45) is 1.51. The van der Waals surface area contributed by atoms with Gasteiger partial charge in [-0.2, -0.15) is 0 Å². The second kappa shape index (κ2) is 9.54. The molecule has 0 saturated carbocycles. The van der Waals surface area contributed by atoms with Gasteiger partial charge in [0.05, 0.1) is 16.0 Å². The third-order valence-corrected chi connectivity index (χ3v) is 7.43. The van der Waals surface area contributed by atoms with Crippen LogP contribution >= 0.6 is 23.1 Å². The molecule has 9 heteroatoms. The van der Waals surface area contributed by atoms with Crippen LogP contribution in [0.2, 0.25) is 0 Å². The van der Waals surface area contributed by atoms with Crippen LogP contribution in [0.1, 0.15) is 0 Å². The summed E-state index contributed by atoms with van der Waals surface area (Å²) in [7, 11) is 0. The first-order valence-electron chi connectivity index (χ1n) is 10.4. The number of carbonyl (C=O) groups is 1. The summed E-state index contributed by atoms with van der Waals surface area (Å²) >= 11 is 3.04. The third kappa shape index (κ3) is 4.84. The number of hydrogen-bond acceptors (Lipinski definition) is 8. The van der Waals surface area contributed by atoms with Gasteiger partial charge in [-0.25, -0.2) is 15.0 Å². The molecule has 0 spiro atoms. The number of rotatable bonds is 6. The highest BCUT2D eigenvalue weighted by molar-refractivity contribution is 8.01. The number of thiazole rings is 1. The number of nitrogens with zero attached hydrogens (tertiary/aromatic N) is 5. The first-order valence-corrected chi connectivity index (χ1v) is 12.2. The van der Waals surface area contributed by atoms with Gasteiger partial charge in [0.25, 0.3) is 0 Å². The molecule has 0 unspecified atom stereocenters. The Bertz CT molecular complexity index is 1170. The van der Waals surface area contributed by atoms with Crippen LogP contribution in [0.25, 0.3) is 10.2 Å². The maximum absolute atomic E-state index is 12.5. The van der Waals surface area contributed by atoms with Gasteiger partial charge < -0.3 is 15.1 Å². The van der Waals surface area contributed by atoms with Crippen LogP contribution in [0, 0.1) is 0 Å². The van der Waals surface area contributed by atoms with Crippen LogP contribution in [0.3, 0.4) is 0 Å². The van der Waals surface area contributed by atoms with Crippen molar-refractivity contribution in [1.29, 1.82) is 0 Å². The number of thioether (sulfide) groups is 1. The molecule has 0 bridgehead atoms. The fraction of sp³-hybridized carbons (Fsp3) is 0.217. The standard InChI is InChI=1S/C23H22N6OS2/c30-22(15-31-23-26-18-8-4-5-9-19(18)32-23)27-20-14-21(25-16-24-20)29-12-10-28(11-13-29)17-6-2-1-3-7-17/h1-9,14,16H,10-13,15H2,(H,24,25,27,30). The van der Waals surface area contributed by atoms with Gasteiger partial charge in [-0.3, -0.25) is 4.79 Å². The molecule has 2 aromatic carbocycles. The zero-order valence-corrected chi connectivity index (χ0v) is 19.0. The SMILES string of the molecule is O=C(CSc1nc2ccccc2s1)Nc1cc(N2CCN(c3ccccc3)CC2)ncn1. The number of para-hydroxylation sites is 2. The maximum Gasteiger partial charge on any atom is 0.235 e. The Balaban J connectivity index is 1.16. The van der Waals surface area contributed by atoms with Gasteiger partial charge in [0, 0.05) is 37.9 Å². The monoisotopic (exact) mass is 462 g/mol. The second-order valence-electron chi connectivity index (χ2n) is 7.36. The third-order valence-electron chi connectivity index (χ3n) is 5.25. The average molecular weight is 463 g/mol. The molecular formula is C23H22N6OS2. The van der Waals surface area contributed by atoms with Crippen LogP contribution < -0.4 is 15.1 Å². The Morgan fingerprint density at radius 1 is 0.969 bits per heavy atom. The van der Waals surface area contributed by atoms with Gasteiger partial charge in [-0.05, 0) is 24.3 Å². The van der Waals surface area contributed by atoms with Crippen molar-refractivity contribution >= 4 is 56.5 Å². The van der Waals surface area contributed by atoms with Crippen LogP contribution in [-0.4, -0.2) is 52.8 Å². The molecule has 1 saturated heterocycles. The molecule has 1 N–H and O–H groups in total. The molecule has 3 heterocycles. The molecule has 2 aromatic heterocycles. The van der Waals surface area contributed by atoms with Crippen LogP contribution in [0.5, 0.6) is 0 Å². The van der Waals surface area contributed by atoms with Crippen LogP contribution in [0.15, 0.2) is 71.3 Å². The van der Waals surface area contributed by atoms with Crippen molar-refractivity contribution in [2.75, 3.05) is 47.0 Å². The fourth-order valence-corrected chi connectivity index (χ4v) is 5.51. The minimum absolute atomic E-state index is 0.104. The predicted molar refractivity (Wildman–Crippen MR) is 132 cm³/mol. The molecule has 1 fully saturated rings. The smallest absolute Gasteiger partial charge is 0.235 e. The van der Waals surface area contributed by atoms with E-state index in [4.69, 9.17) is 0 Å². The van der Waals surface area contributed by atoms with Crippen molar-refractivity contribution in [3.05, 3.63) is 67.0 Å². The number of fused-ring (bicyclic) bond motifs is 1. The summed E-state index contributed by atoms with van der Waals surface area (Å²) in [5.74, 6) is 1.54. The lowest BCUT2D eigenvalue weighted by Crippen LogP contribution is -2.46. The van der Waals surface area contributed by atoms with E-state index in [1.54, 1.807) is 11.3 Å². The quantitative estimate of drug-likeness (QED) is 0.432. The summed E-state index contributed by atoms with van der Waals surface area (Å²) < 4.78 is 2.02. The Hall–Kier alpha value is -3.17. The number of anilines is 3. The zero-order chi connectivity index (χ0) is 21.8. The van der Waals surface area contributed by atoms with E-state index in [9.17, 15) is 4.79 Å². The van der Waals surface area contributed by atoms with Crippen molar-refractivity contribution in [3.63, 3.8) is 0 Å². The van der Waals surface area contributed by atoms with E-state index in [1.807, 2.05) is 36.4 Å². The zero-order valence-electron chi connectivity index (χ0n) is 17.3.